The average Bonchev–Trinajstić information content (AvgIpc) is 2.55. The van der Waals surface area contributed by atoms with Crippen LogP contribution in [-0.4, -0.2) is 55.3 Å². The molecule has 4 heteroatoms. The highest BCUT2D eigenvalue weighted by atomic mass is 16.5. The van der Waals surface area contributed by atoms with Crippen LogP contribution in [0.5, 0.6) is 0 Å². The van der Waals surface area contributed by atoms with E-state index in [-0.39, 0.29) is 5.41 Å². The molecule has 2 saturated heterocycles. The normalized spacial score (nSPS) is 22.0. The summed E-state index contributed by atoms with van der Waals surface area (Å²) in [6.07, 6.45) is 4.44. The highest BCUT2D eigenvalue weighted by molar-refractivity contribution is 5.45. The second-order valence-corrected chi connectivity index (χ2v) is 7.52. The molecule has 0 bridgehead atoms. The summed E-state index contributed by atoms with van der Waals surface area (Å²) in [5, 5.41) is 0. The van der Waals surface area contributed by atoms with Gasteiger partial charge < -0.3 is 9.64 Å². The van der Waals surface area contributed by atoms with Crippen LogP contribution < -0.4 is 4.90 Å². The summed E-state index contributed by atoms with van der Waals surface area (Å²) in [6.45, 7) is 13.0. The molecule has 0 radical (unpaired) electrons. The van der Waals surface area contributed by atoms with Crippen molar-refractivity contribution in [2.75, 3.05) is 44.3 Å². The van der Waals surface area contributed by atoms with Gasteiger partial charge in [-0.05, 0) is 25.0 Å². The molecule has 3 rings (SSSR count). The smallest absolute Gasteiger partial charge is 0.0553 e. The topological polar surface area (TPSA) is 28.6 Å². The molecular formula is C18H29N3O. The Kier molecular flexibility index (Phi) is 4.69. The number of hydrogen-bond donors (Lipinski definition) is 0. The van der Waals surface area contributed by atoms with Crippen LogP contribution in [0.2, 0.25) is 0 Å². The number of hydrogen-bond acceptors (Lipinski definition) is 4. The second-order valence-electron chi connectivity index (χ2n) is 7.52. The summed E-state index contributed by atoms with van der Waals surface area (Å²) in [5.74, 6) is 0. The lowest BCUT2D eigenvalue weighted by molar-refractivity contribution is 0.0321. The molecule has 0 aliphatic carbocycles. The quantitative estimate of drug-likeness (QED) is 0.840. The van der Waals surface area contributed by atoms with Crippen LogP contribution in [0.15, 0.2) is 18.3 Å². The molecule has 0 unspecified atom stereocenters. The highest BCUT2D eigenvalue weighted by Gasteiger charge is 2.25. The monoisotopic (exact) mass is 303 g/mol. The standard InChI is InChI=1S/C18H29N3O/c1-18(2,3)17-5-4-16(14-19-17)21-10-8-20(9-11-21)15-6-12-22-13-7-15/h4-5,14-15H,6-13H2,1-3H3. The molecule has 22 heavy (non-hydrogen) atoms. The van der Waals surface area contributed by atoms with E-state index < -0.39 is 0 Å². The van der Waals surface area contributed by atoms with Gasteiger partial charge in [-0.25, -0.2) is 0 Å². The predicted molar refractivity (Wildman–Crippen MR) is 90.6 cm³/mol. The molecule has 2 fully saturated rings. The third-order valence-corrected chi connectivity index (χ3v) is 4.90. The summed E-state index contributed by atoms with van der Waals surface area (Å²) >= 11 is 0. The predicted octanol–water partition coefficient (Wildman–Crippen LogP) is 2.68. The number of rotatable bonds is 2. The first-order chi connectivity index (χ1) is 10.5. The first-order valence-corrected chi connectivity index (χ1v) is 8.57. The van der Waals surface area contributed by atoms with E-state index in [1.807, 2.05) is 6.20 Å². The maximum atomic E-state index is 5.47. The summed E-state index contributed by atoms with van der Waals surface area (Å²) < 4.78 is 5.47. The largest absolute Gasteiger partial charge is 0.381 e. The highest BCUT2D eigenvalue weighted by Crippen LogP contribution is 2.24. The van der Waals surface area contributed by atoms with Gasteiger partial charge in [-0.15, -0.1) is 0 Å². The molecule has 2 aliphatic rings. The SMILES string of the molecule is CC(C)(C)c1ccc(N2CCN(C3CCOCC3)CC2)cn1. The molecule has 0 aromatic carbocycles. The van der Waals surface area contributed by atoms with Gasteiger partial charge in [-0.3, -0.25) is 9.88 Å². The maximum absolute atomic E-state index is 5.47. The van der Waals surface area contributed by atoms with Crippen molar-refractivity contribution in [2.24, 2.45) is 0 Å². The fourth-order valence-corrected chi connectivity index (χ4v) is 3.41. The minimum absolute atomic E-state index is 0.125. The van der Waals surface area contributed by atoms with Crippen LogP contribution in [0, 0.1) is 0 Å². The molecule has 4 nitrogen and oxygen atoms in total. The number of anilines is 1. The van der Waals surface area contributed by atoms with Gasteiger partial charge in [0.1, 0.15) is 0 Å². The molecule has 0 atom stereocenters. The van der Waals surface area contributed by atoms with Crippen LogP contribution in [0.3, 0.4) is 0 Å². The van der Waals surface area contributed by atoms with Crippen LogP contribution in [0.4, 0.5) is 5.69 Å². The Labute approximate surface area is 134 Å². The Morgan fingerprint density at radius 3 is 2.27 bits per heavy atom. The van der Waals surface area contributed by atoms with Gasteiger partial charge in [0, 0.05) is 56.5 Å². The second kappa shape index (κ2) is 6.55. The van der Waals surface area contributed by atoms with E-state index in [4.69, 9.17) is 4.74 Å². The molecule has 2 aliphatic heterocycles. The van der Waals surface area contributed by atoms with Crippen molar-refractivity contribution in [3.05, 3.63) is 24.0 Å². The Hall–Kier alpha value is -1.13. The number of ether oxygens (including phenoxy) is 1. The van der Waals surface area contributed by atoms with Crippen molar-refractivity contribution in [3.8, 4) is 0 Å². The Balaban J connectivity index is 1.57. The van der Waals surface area contributed by atoms with Crippen LogP contribution in [0.25, 0.3) is 0 Å². The van der Waals surface area contributed by atoms with Crippen molar-refractivity contribution in [1.82, 2.24) is 9.88 Å². The van der Waals surface area contributed by atoms with Crippen molar-refractivity contribution in [3.63, 3.8) is 0 Å². The number of aromatic nitrogens is 1. The molecule has 0 saturated carbocycles. The molecule has 0 amide bonds. The van der Waals surface area contributed by atoms with E-state index in [0.717, 1.165) is 51.1 Å². The van der Waals surface area contributed by atoms with Gasteiger partial charge in [0.2, 0.25) is 0 Å². The van der Waals surface area contributed by atoms with E-state index in [0.29, 0.717) is 0 Å². The van der Waals surface area contributed by atoms with Gasteiger partial charge in [0.15, 0.2) is 0 Å². The summed E-state index contributed by atoms with van der Waals surface area (Å²) in [6, 6.07) is 5.15. The number of nitrogens with zero attached hydrogens (tertiary/aromatic N) is 3. The van der Waals surface area contributed by atoms with Gasteiger partial charge in [-0.1, -0.05) is 20.8 Å². The lowest BCUT2D eigenvalue weighted by Crippen LogP contribution is -2.51. The van der Waals surface area contributed by atoms with E-state index in [2.05, 4.69) is 47.7 Å². The molecule has 0 spiro atoms. The molecular weight excluding hydrogens is 274 g/mol. The summed E-state index contributed by atoms with van der Waals surface area (Å²) in [7, 11) is 0. The minimum Gasteiger partial charge on any atom is -0.381 e. The van der Waals surface area contributed by atoms with E-state index in [1.165, 1.54) is 18.5 Å². The average molecular weight is 303 g/mol. The van der Waals surface area contributed by atoms with E-state index in [1.54, 1.807) is 0 Å². The van der Waals surface area contributed by atoms with Crippen molar-refractivity contribution in [1.29, 1.82) is 0 Å². The Bertz CT molecular complexity index is 466. The Morgan fingerprint density at radius 1 is 1.05 bits per heavy atom. The fourth-order valence-electron chi connectivity index (χ4n) is 3.41. The van der Waals surface area contributed by atoms with Crippen LogP contribution in [-0.2, 0) is 10.2 Å². The minimum atomic E-state index is 0.125. The Morgan fingerprint density at radius 2 is 1.73 bits per heavy atom. The zero-order chi connectivity index (χ0) is 15.6. The van der Waals surface area contributed by atoms with Crippen LogP contribution in [0.1, 0.15) is 39.3 Å². The van der Waals surface area contributed by atoms with Gasteiger partial charge >= 0.3 is 0 Å². The van der Waals surface area contributed by atoms with E-state index in [9.17, 15) is 0 Å². The van der Waals surface area contributed by atoms with Crippen molar-refractivity contribution >= 4 is 5.69 Å². The first kappa shape index (κ1) is 15.8. The van der Waals surface area contributed by atoms with Gasteiger partial charge in [-0.2, -0.15) is 0 Å². The first-order valence-electron chi connectivity index (χ1n) is 8.57. The molecule has 1 aromatic rings. The number of pyridine rings is 1. The third-order valence-electron chi connectivity index (χ3n) is 4.90. The molecule has 3 heterocycles. The van der Waals surface area contributed by atoms with Crippen molar-refractivity contribution in [2.45, 2.75) is 45.1 Å². The number of piperazine rings is 1. The fraction of sp³-hybridized carbons (Fsp3) is 0.722. The van der Waals surface area contributed by atoms with Gasteiger partial charge in [0.05, 0.1) is 11.9 Å². The van der Waals surface area contributed by atoms with Gasteiger partial charge in [0.25, 0.3) is 0 Å². The lowest BCUT2D eigenvalue weighted by atomic mass is 9.92. The third kappa shape index (κ3) is 3.61. The summed E-state index contributed by atoms with van der Waals surface area (Å²) in [4.78, 5) is 9.78. The zero-order valence-electron chi connectivity index (χ0n) is 14.2. The summed E-state index contributed by atoms with van der Waals surface area (Å²) in [5.41, 5.74) is 2.55. The molecule has 0 N–H and O–H groups in total. The maximum Gasteiger partial charge on any atom is 0.0553 e. The molecule has 122 valence electrons. The van der Waals surface area contributed by atoms with Crippen LogP contribution >= 0.6 is 0 Å². The lowest BCUT2D eigenvalue weighted by Gasteiger charge is -2.41. The zero-order valence-corrected chi connectivity index (χ0v) is 14.2. The van der Waals surface area contributed by atoms with E-state index >= 15 is 0 Å². The van der Waals surface area contributed by atoms with Crippen molar-refractivity contribution < 1.29 is 4.74 Å². The molecule has 1 aromatic heterocycles.